The van der Waals surface area contributed by atoms with Crippen LogP contribution in [-0.4, -0.2) is 32.3 Å². The van der Waals surface area contributed by atoms with Gasteiger partial charge in [0.1, 0.15) is 6.33 Å². The summed E-state index contributed by atoms with van der Waals surface area (Å²) in [5.74, 6) is 0.718. The van der Waals surface area contributed by atoms with Gasteiger partial charge >= 0.3 is 6.03 Å². The summed E-state index contributed by atoms with van der Waals surface area (Å²) < 4.78 is 1.78. The van der Waals surface area contributed by atoms with Crippen LogP contribution in [0.1, 0.15) is 29.5 Å². The number of amides is 2. The molecule has 2 aromatic heterocycles. The first-order valence-corrected chi connectivity index (χ1v) is 7.23. The van der Waals surface area contributed by atoms with E-state index >= 15 is 0 Å². The predicted octanol–water partition coefficient (Wildman–Crippen LogP) is 1.18. The molecular weight excluding hydrogens is 276 g/mol. The average molecular weight is 294 g/mol. The summed E-state index contributed by atoms with van der Waals surface area (Å²) in [5, 5.41) is 16.4. The molecule has 2 rings (SSSR count). The first-order chi connectivity index (χ1) is 9.56. The van der Waals surface area contributed by atoms with E-state index in [4.69, 9.17) is 0 Å². The highest BCUT2D eigenvalue weighted by molar-refractivity contribution is 7.09. The van der Waals surface area contributed by atoms with E-state index in [9.17, 15) is 4.79 Å². The van der Waals surface area contributed by atoms with E-state index < -0.39 is 0 Å². The Balaban J connectivity index is 1.74. The normalized spacial score (nSPS) is 12.2. The molecule has 2 amide bonds. The van der Waals surface area contributed by atoms with Crippen LogP contribution < -0.4 is 10.6 Å². The van der Waals surface area contributed by atoms with Gasteiger partial charge in [-0.1, -0.05) is 0 Å². The third-order valence-corrected chi connectivity index (χ3v) is 3.64. The molecule has 0 fully saturated rings. The lowest BCUT2D eigenvalue weighted by Gasteiger charge is -2.13. The molecule has 2 heterocycles. The second kappa shape index (κ2) is 6.47. The lowest BCUT2D eigenvalue weighted by atomic mass is 10.3. The summed E-state index contributed by atoms with van der Waals surface area (Å²) in [7, 11) is 1.84. The highest BCUT2D eigenvalue weighted by Crippen LogP contribution is 2.08. The zero-order valence-corrected chi connectivity index (χ0v) is 12.6. The molecule has 0 radical (unpaired) electrons. The van der Waals surface area contributed by atoms with Crippen molar-refractivity contribution in [2.24, 2.45) is 7.05 Å². The van der Waals surface area contributed by atoms with Crippen molar-refractivity contribution < 1.29 is 4.79 Å². The number of aryl methyl sites for hydroxylation is 2. The fourth-order valence-corrected chi connectivity index (χ4v) is 2.47. The number of nitrogens with one attached hydrogen (secondary N) is 2. The molecule has 0 aromatic carbocycles. The van der Waals surface area contributed by atoms with E-state index in [1.54, 1.807) is 22.2 Å². The fourth-order valence-electron chi connectivity index (χ4n) is 1.82. The second-order valence-electron chi connectivity index (χ2n) is 4.53. The molecule has 0 aliphatic carbocycles. The monoisotopic (exact) mass is 294 g/mol. The number of hydrogen-bond acceptors (Lipinski definition) is 5. The van der Waals surface area contributed by atoms with Gasteiger partial charge in [-0.3, -0.25) is 0 Å². The molecule has 2 N–H and O–H groups in total. The number of carbonyl (C=O) groups is 1. The van der Waals surface area contributed by atoms with Gasteiger partial charge in [0.15, 0.2) is 5.82 Å². The van der Waals surface area contributed by atoms with Gasteiger partial charge in [0.2, 0.25) is 0 Å². The van der Waals surface area contributed by atoms with Crippen molar-refractivity contribution in [2.45, 2.75) is 26.3 Å². The smallest absolute Gasteiger partial charge is 0.315 e. The topological polar surface area (TPSA) is 84.7 Å². The van der Waals surface area contributed by atoms with Crippen LogP contribution in [0.4, 0.5) is 4.79 Å². The Morgan fingerprint density at radius 3 is 2.95 bits per heavy atom. The summed E-state index contributed by atoms with van der Waals surface area (Å²) in [6.45, 7) is 4.39. The lowest BCUT2D eigenvalue weighted by molar-refractivity contribution is 0.237. The molecule has 0 bridgehead atoms. The minimum Gasteiger partial charge on any atom is -0.338 e. The highest BCUT2D eigenvalue weighted by atomic mass is 32.1. The van der Waals surface area contributed by atoms with Crippen LogP contribution in [0, 0.1) is 6.92 Å². The van der Waals surface area contributed by atoms with Gasteiger partial charge in [0.05, 0.1) is 16.7 Å². The zero-order chi connectivity index (χ0) is 14.5. The number of nitrogens with zero attached hydrogens (tertiary/aromatic N) is 4. The van der Waals surface area contributed by atoms with Crippen molar-refractivity contribution in [3.8, 4) is 0 Å². The first kappa shape index (κ1) is 14.4. The number of carbonyl (C=O) groups excluding carboxylic acids is 1. The predicted molar refractivity (Wildman–Crippen MR) is 76.5 cm³/mol. The third-order valence-electron chi connectivity index (χ3n) is 2.81. The van der Waals surface area contributed by atoms with Crippen molar-refractivity contribution in [3.05, 3.63) is 28.2 Å². The Hall–Kier alpha value is -1.96. The van der Waals surface area contributed by atoms with Gasteiger partial charge in [0, 0.05) is 25.4 Å². The Bertz CT molecular complexity index is 578. The molecule has 20 heavy (non-hydrogen) atoms. The van der Waals surface area contributed by atoms with Crippen LogP contribution in [-0.2, 0) is 13.5 Å². The van der Waals surface area contributed by atoms with Gasteiger partial charge < -0.3 is 15.2 Å². The largest absolute Gasteiger partial charge is 0.338 e. The maximum absolute atomic E-state index is 11.8. The summed E-state index contributed by atoms with van der Waals surface area (Å²) in [6.07, 6.45) is 2.34. The van der Waals surface area contributed by atoms with Crippen molar-refractivity contribution >= 4 is 17.4 Å². The van der Waals surface area contributed by atoms with Gasteiger partial charge in [-0.25, -0.2) is 9.78 Å². The molecule has 0 aliphatic rings. The molecule has 1 atom stereocenters. The second-order valence-corrected chi connectivity index (χ2v) is 5.59. The van der Waals surface area contributed by atoms with E-state index in [1.165, 1.54) is 0 Å². The van der Waals surface area contributed by atoms with E-state index in [-0.39, 0.29) is 12.1 Å². The number of aromatic nitrogens is 4. The summed E-state index contributed by atoms with van der Waals surface area (Å²) in [6, 6.07) is -0.406. The fraction of sp³-hybridized carbons (Fsp3) is 0.500. The Kier molecular flexibility index (Phi) is 4.67. The Morgan fingerprint density at radius 1 is 1.55 bits per heavy atom. The van der Waals surface area contributed by atoms with Gasteiger partial charge in [-0.2, -0.15) is 0 Å². The standard InChI is InChI=1S/C12H18N6OS/c1-8(11-17-14-7-18(11)3)15-12(19)13-5-4-10-6-20-9(2)16-10/h6-8H,4-5H2,1-3H3,(H2,13,15,19). The van der Waals surface area contributed by atoms with Crippen LogP contribution in [0.15, 0.2) is 11.7 Å². The molecule has 0 aliphatic heterocycles. The van der Waals surface area contributed by atoms with Crippen molar-refractivity contribution in [1.29, 1.82) is 0 Å². The van der Waals surface area contributed by atoms with Crippen molar-refractivity contribution in [2.75, 3.05) is 6.54 Å². The van der Waals surface area contributed by atoms with Crippen molar-refractivity contribution in [3.63, 3.8) is 0 Å². The first-order valence-electron chi connectivity index (χ1n) is 6.35. The summed E-state index contributed by atoms with van der Waals surface area (Å²) >= 11 is 1.62. The van der Waals surface area contributed by atoms with Crippen LogP contribution in [0.2, 0.25) is 0 Å². The molecular formula is C12H18N6OS. The van der Waals surface area contributed by atoms with Crippen LogP contribution >= 0.6 is 11.3 Å². The van der Waals surface area contributed by atoms with Gasteiger partial charge in [0.25, 0.3) is 0 Å². The molecule has 8 heteroatoms. The SMILES string of the molecule is Cc1nc(CCNC(=O)NC(C)c2nncn2C)cs1. The van der Waals surface area contributed by atoms with E-state index in [1.807, 2.05) is 26.3 Å². The molecule has 1 unspecified atom stereocenters. The number of rotatable bonds is 5. The van der Waals surface area contributed by atoms with E-state index in [0.29, 0.717) is 6.54 Å². The quantitative estimate of drug-likeness (QED) is 0.867. The lowest BCUT2D eigenvalue weighted by Crippen LogP contribution is -2.38. The molecule has 7 nitrogen and oxygen atoms in total. The summed E-state index contributed by atoms with van der Waals surface area (Å²) in [4.78, 5) is 16.1. The van der Waals surface area contributed by atoms with Crippen LogP contribution in [0.3, 0.4) is 0 Å². The maximum atomic E-state index is 11.8. The Labute approximate surface area is 121 Å². The Morgan fingerprint density at radius 2 is 2.35 bits per heavy atom. The number of thiazole rings is 1. The zero-order valence-electron chi connectivity index (χ0n) is 11.8. The molecule has 0 spiro atoms. The molecule has 2 aromatic rings. The average Bonchev–Trinajstić information content (AvgIpc) is 2.98. The van der Waals surface area contributed by atoms with Crippen molar-refractivity contribution in [1.82, 2.24) is 30.4 Å². The maximum Gasteiger partial charge on any atom is 0.315 e. The molecule has 108 valence electrons. The minimum atomic E-state index is -0.215. The van der Waals surface area contributed by atoms with Crippen LogP contribution in [0.5, 0.6) is 0 Å². The number of hydrogen-bond donors (Lipinski definition) is 2. The van der Waals surface area contributed by atoms with Gasteiger partial charge in [-0.15, -0.1) is 21.5 Å². The van der Waals surface area contributed by atoms with Crippen LogP contribution in [0.25, 0.3) is 0 Å². The van der Waals surface area contributed by atoms with Gasteiger partial charge in [-0.05, 0) is 13.8 Å². The van der Waals surface area contributed by atoms with E-state index in [0.717, 1.165) is 22.9 Å². The third kappa shape index (κ3) is 3.77. The highest BCUT2D eigenvalue weighted by Gasteiger charge is 2.13. The summed E-state index contributed by atoms with van der Waals surface area (Å²) in [5.41, 5.74) is 1.01. The minimum absolute atomic E-state index is 0.191. The molecule has 0 saturated carbocycles. The molecule has 0 saturated heterocycles. The van der Waals surface area contributed by atoms with E-state index in [2.05, 4.69) is 25.8 Å². The number of urea groups is 1.